The van der Waals surface area contributed by atoms with Gasteiger partial charge < -0.3 is 4.74 Å². The van der Waals surface area contributed by atoms with Gasteiger partial charge in [-0.1, -0.05) is 40.0 Å². The molecule has 0 N–H and O–H groups in total. The van der Waals surface area contributed by atoms with Crippen LogP contribution in [0, 0.1) is 11.8 Å². The lowest BCUT2D eigenvalue weighted by molar-refractivity contribution is -0.172. The highest BCUT2D eigenvalue weighted by atomic mass is 19.3. The topological polar surface area (TPSA) is 26.3 Å². The number of hydrogen-bond donors (Lipinski definition) is 0. The second-order valence-corrected chi connectivity index (χ2v) is 5.39. The van der Waals surface area contributed by atoms with Gasteiger partial charge in [-0.25, -0.2) is 4.79 Å². The Hall–Kier alpha value is -0.670. The Labute approximate surface area is 109 Å². The Kier molecular flexibility index (Phi) is 8.12. The molecule has 0 saturated heterocycles. The van der Waals surface area contributed by atoms with E-state index < -0.39 is 18.3 Å². The number of alkyl halides is 2. The van der Waals surface area contributed by atoms with Gasteiger partial charge in [-0.3, -0.25) is 0 Å². The summed E-state index contributed by atoms with van der Waals surface area (Å²) in [4.78, 5) is 11.0. The van der Waals surface area contributed by atoms with Gasteiger partial charge in [0.15, 0.2) is 0 Å². The molecule has 0 rings (SSSR count). The summed E-state index contributed by atoms with van der Waals surface area (Å²) in [5.74, 6) is -3.84. The molecule has 1 unspecified atom stereocenters. The summed E-state index contributed by atoms with van der Waals surface area (Å²) in [6.07, 6.45) is 3.08. The van der Waals surface area contributed by atoms with E-state index >= 15 is 0 Å². The minimum Gasteiger partial charge on any atom is -0.462 e. The first kappa shape index (κ1) is 17.3. The molecule has 0 spiro atoms. The minimum absolute atomic E-state index is 0.00162. The first-order valence-electron chi connectivity index (χ1n) is 6.84. The summed E-state index contributed by atoms with van der Waals surface area (Å²) in [6, 6.07) is 0. The third kappa shape index (κ3) is 7.62. The molecule has 0 heterocycles. The number of ether oxygens (including phenoxy) is 1. The monoisotopic (exact) mass is 264 g/mol. The van der Waals surface area contributed by atoms with Crippen LogP contribution in [0.15, 0.2) is 0 Å². The Balaban J connectivity index is 3.88. The number of rotatable bonds is 9. The Morgan fingerprint density at radius 3 is 2.28 bits per heavy atom. The molecule has 1 atom stereocenters. The largest absolute Gasteiger partial charge is 0.462 e. The van der Waals surface area contributed by atoms with E-state index in [9.17, 15) is 13.6 Å². The van der Waals surface area contributed by atoms with Crippen molar-refractivity contribution in [3.05, 3.63) is 0 Å². The van der Waals surface area contributed by atoms with Gasteiger partial charge in [0.2, 0.25) is 0 Å². The molecule has 0 aliphatic rings. The second kappa shape index (κ2) is 8.44. The minimum atomic E-state index is -3.33. The highest BCUT2D eigenvalue weighted by Gasteiger charge is 2.40. The van der Waals surface area contributed by atoms with Crippen molar-refractivity contribution in [2.24, 2.45) is 11.8 Å². The summed E-state index contributed by atoms with van der Waals surface area (Å²) in [7, 11) is 0. The van der Waals surface area contributed by atoms with Crippen LogP contribution < -0.4 is 0 Å². The van der Waals surface area contributed by atoms with Gasteiger partial charge in [0.05, 0.1) is 6.61 Å². The zero-order chi connectivity index (χ0) is 14.2. The molecule has 0 aromatic rings. The summed E-state index contributed by atoms with van der Waals surface area (Å²) < 4.78 is 31.0. The maximum atomic E-state index is 13.3. The van der Waals surface area contributed by atoms with Crippen LogP contribution in [0.1, 0.15) is 59.8 Å². The quantitative estimate of drug-likeness (QED) is 0.576. The standard InChI is InChI=1S/C14H26F2O2/c1-5-18-13(17)14(15,16)10-9-12(4)8-6-7-11(2)3/h11-12H,5-10H2,1-4H3. The Morgan fingerprint density at radius 2 is 1.78 bits per heavy atom. The molecule has 0 bridgehead atoms. The van der Waals surface area contributed by atoms with Crippen molar-refractivity contribution < 1.29 is 18.3 Å². The Morgan fingerprint density at radius 1 is 1.17 bits per heavy atom. The maximum absolute atomic E-state index is 13.3. The van der Waals surface area contributed by atoms with E-state index in [1.54, 1.807) is 0 Å². The molecule has 4 heteroatoms. The zero-order valence-electron chi connectivity index (χ0n) is 12.0. The van der Waals surface area contributed by atoms with Crippen LogP contribution in [0.3, 0.4) is 0 Å². The lowest BCUT2D eigenvalue weighted by atomic mass is 9.95. The van der Waals surface area contributed by atoms with Crippen molar-refractivity contribution in [3.63, 3.8) is 0 Å². The first-order chi connectivity index (χ1) is 8.29. The van der Waals surface area contributed by atoms with Crippen molar-refractivity contribution >= 4 is 5.97 Å². The van der Waals surface area contributed by atoms with E-state index in [-0.39, 0.29) is 12.5 Å². The first-order valence-corrected chi connectivity index (χ1v) is 6.84. The van der Waals surface area contributed by atoms with Crippen LogP contribution in [0.5, 0.6) is 0 Å². The highest BCUT2D eigenvalue weighted by molar-refractivity contribution is 5.77. The van der Waals surface area contributed by atoms with Gasteiger partial charge in [0.1, 0.15) is 0 Å². The molecule has 0 aromatic heterocycles. The lowest BCUT2D eigenvalue weighted by Gasteiger charge is -2.17. The third-order valence-corrected chi connectivity index (χ3v) is 3.00. The molecule has 0 fully saturated rings. The average molecular weight is 264 g/mol. The fraction of sp³-hybridized carbons (Fsp3) is 0.929. The fourth-order valence-corrected chi connectivity index (χ4v) is 1.79. The van der Waals surface area contributed by atoms with Crippen LogP contribution >= 0.6 is 0 Å². The van der Waals surface area contributed by atoms with E-state index in [2.05, 4.69) is 18.6 Å². The molecular formula is C14H26F2O2. The maximum Gasteiger partial charge on any atom is 0.376 e. The van der Waals surface area contributed by atoms with E-state index in [1.165, 1.54) is 6.92 Å². The lowest BCUT2D eigenvalue weighted by Crippen LogP contribution is -2.31. The van der Waals surface area contributed by atoms with Crippen LogP contribution in [-0.2, 0) is 9.53 Å². The van der Waals surface area contributed by atoms with E-state index in [0.29, 0.717) is 12.3 Å². The summed E-state index contributed by atoms with van der Waals surface area (Å²) in [5, 5.41) is 0. The average Bonchev–Trinajstić information content (AvgIpc) is 2.26. The second-order valence-electron chi connectivity index (χ2n) is 5.39. The number of carbonyl (C=O) groups excluding carboxylic acids is 1. The molecule has 0 amide bonds. The highest BCUT2D eigenvalue weighted by Crippen LogP contribution is 2.26. The normalized spacial score (nSPS) is 13.7. The molecule has 0 aromatic carbocycles. The number of halogens is 2. The van der Waals surface area contributed by atoms with Crippen LogP contribution in [0.4, 0.5) is 8.78 Å². The molecule has 0 saturated carbocycles. The molecule has 2 nitrogen and oxygen atoms in total. The van der Waals surface area contributed by atoms with E-state index in [0.717, 1.165) is 19.3 Å². The van der Waals surface area contributed by atoms with Crippen molar-refractivity contribution in [1.29, 1.82) is 0 Å². The SMILES string of the molecule is CCOC(=O)C(F)(F)CCC(C)CCCC(C)C. The molecule has 0 aliphatic heterocycles. The number of hydrogen-bond acceptors (Lipinski definition) is 2. The number of esters is 1. The van der Waals surface area contributed by atoms with Crippen molar-refractivity contribution in [3.8, 4) is 0 Å². The molecule has 0 aliphatic carbocycles. The summed E-state index contributed by atoms with van der Waals surface area (Å²) >= 11 is 0. The predicted octanol–water partition coefficient (Wildman–Crippen LogP) is 4.43. The van der Waals surface area contributed by atoms with Gasteiger partial charge in [-0.15, -0.1) is 0 Å². The van der Waals surface area contributed by atoms with Crippen LogP contribution in [-0.4, -0.2) is 18.5 Å². The van der Waals surface area contributed by atoms with Gasteiger partial charge in [-0.05, 0) is 25.2 Å². The summed E-state index contributed by atoms with van der Waals surface area (Å²) in [6.45, 7) is 7.79. The molecule has 18 heavy (non-hydrogen) atoms. The number of carbonyl (C=O) groups is 1. The Bertz CT molecular complexity index is 240. The van der Waals surface area contributed by atoms with Crippen LogP contribution in [0.2, 0.25) is 0 Å². The van der Waals surface area contributed by atoms with Gasteiger partial charge in [0, 0.05) is 6.42 Å². The van der Waals surface area contributed by atoms with Crippen molar-refractivity contribution in [2.75, 3.05) is 6.61 Å². The van der Waals surface area contributed by atoms with Gasteiger partial charge in [-0.2, -0.15) is 8.78 Å². The molecular weight excluding hydrogens is 238 g/mol. The van der Waals surface area contributed by atoms with Crippen molar-refractivity contribution in [2.45, 2.75) is 65.7 Å². The summed E-state index contributed by atoms with van der Waals surface area (Å²) in [5.41, 5.74) is 0. The third-order valence-electron chi connectivity index (χ3n) is 3.00. The van der Waals surface area contributed by atoms with Gasteiger partial charge in [0.25, 0.3) is 0 Å². The zero-order valence-corrected chi connectivity index (χ0v) is 12.0. The fourth-order valence-electron chi connectivity index (χ4n) is 1.79. The van der Waals surface area contributed by atoms with E-state index in [4.69, 9.17) is 0 Å². The molecule has 108 valence electrons. The predicted molar refractivity (Wildman–Crippen MR) is 68.7 cm³/mol. The smallest absolute Gasteiger partial charge is 0.376 e. The van der Waals surface area contributed by atoms with Crippen LogP contribution in [0.25, 0.3) is 0 Å². The molecule has 0 radical (unpaired) electrons. The van der Waals surface area contributed by atoms with Crippen molar-refractivity contribution in [1.82, 2.24) is 0 Å². The van der Waals surface area contributed by atoms with Gasteiger partial charge >= 0.3 is 11.9 Å². The van der Waals surface area contributed by atoms with E-state index in [1.807, 2.05) is 6.92 Å².